The summed E-state index contributed by atoms with van der Waals surface area (Å²) in [4.78, 5) is 17.1. The van der Waals surface area contributed by atoms with Gasteiger partial charge in [-0.05, 0) is 47.6 Å². The van der Waals surface area contributed by atoms with Gasteiger partial charge in [0.1, 0.15) is 0 Å². The maximum atomic E-state index is 11.4. The van der Waals surface area contributed by atoms with Crippen LogP contribution in [0, 0.1) is 0 Å². The summed E-state index contributed by atoms with van der Waals surface area (Å²) in [5, 5.41) is 12.0. The molecular weight excluding hydrogens is 322 g/mol. The smallest absolute Gasteiger partial charge is 0.284 e. The Morgan fingerprint density at radius 1 is 1.21 bits per heavy atom. The first kappa shape index (κ1) is 16.1. The van der Waals surface area contributed by atoms with E-state index in [1.165, 1.54) is 11.3 Å². The molecule has 0 bridgehead atoms. The van der Waals surface area contributed by atoms with Crippen molar-refractivity contribution in [1.82, 2.24) is 15.8 Å². The molecule has 0 spiro atoms. The minimum atomic E-state index is -0.511. The van der Waals surface area contributed by atoms with E-state index in [4.69, 9.17) is 5.21 Å². The fourth-order valence-corrected chi connectivity index (χ4v) is 3.04. The normalized spacial score (nSPS) is 12.3. The number of pyridine rings is 1. The number of nitrogens with one attached hydrogen (secondary N) is 2. The predicted molar refractivity (Wildman–Crippen MR) is 92.8 cm³/mol. The first-order chi connectivity index (χ1) is 11.8. The minimum Gasteiger partial charge on any atom is -0.309 e. The van der Waals surface area contributed by atoms with Crippen molar-refractivity contribution in [3.8, 4) is 10.6 Å². The molecule has 3 rings (SSSR count). The maximum Gasteiger partial charge on any atom is 0.284 e. The molecule has 0 aliphatic heterocycles. The van der Waals surface area contributed by atoms with Gasteiger partial charge in [0.25, 0.3) is 5.91 Å². The molecule has 0 unspecified atom stereocenters. The largest absolute Gasteiger partial charge is 0.309 e. The summed E-state index contributed by atoms with van der Waals surface area (Å²) >= 11 is 1.28. The highest BCUT2D eigenvalue weighted by molar-refractivity contribution is 7.17. The molecule has 0 saturated carbocycles. The number of carbonyl (C=O) groups excluding carboxylic acids is 1. The van der Waals surface area contributed by atoms with Crippen molar-refractivity contribution >= 4 is 17.2 Å². The first-order valence-corrected chi connectivity index (χ1v) is 8.15. The van der Waals surface area contributed by atoms with Crippen LogP contribution in [-0.4, -0.2) is 22.6 Å². The van der Waals surface area contributed by atoms with Crippen LogP contribution in [0.2, 0.25) is 0 Å². The average molecular weight is 337 g/mol. The Morgan fingerprint density at radius 2 is 2.12 bits per heavy atom. The van der Waals surface area contributed by atoms with Crippen LogP contribution < -0.4 is 10.8 Å². The zero-order valence-electron chi connectivity index (χ0n) is 12.7. The molecule has 3 N–H and O–H groups in total. The van der Waals surface area contributed by atoms with Crippen LogP contribution in [0.1, 0.15) is 15.2 Å². The van der Waals surface area contributed by atoms with Crippen molar-refractivity contribution in [2.75, 3.05) is 6.54 Å². The monoisotopic (exact) mass is 337 g/mol. The minimum absolute atomic E-state index is 0.442. The maximum absolute atomic E-state index is 11.4. The molecule has 6 heteroatoms. The molecule has 2 heterocycles. The molecule has 120 valence electrons. The number of hydroxylamine groups is 1. The molecule has 24 heavy (non-hydrogen) atoms. The van der Waals surface area contributed by atoms with E-state index in [9.17, 15) is 4.79 Å². The van der Waals surface area contributed by atoms with Crippen molar-refractivity contribution in [1.29, 1.82) is 0 Å². The topological polar surface area (TPSA) is 74.2 Å². The zero-order valence-corrected chi connectivity index (χ0v) is 13.6. The van der Waals surface area contributed by atoms with Gasteiger partial charge in [0.15, 0.2) is 0 Å². The van der Waals surface area contributed by atoms with Crippen LogP contribution in [0.3, 0.4) is 0 Å². The van der Waals surface area contributed by atoms with Gasteiger partial charge in [0.2, 0.25) is 0 Å². The Morgan fingerprint density at radius 3 is 2.83 bits per heavy atom. The van der Waals surface area contributed by atoms with E-state index < -0.39 is 5.91 Å². The lowest BCUT2D eigenvalue weighted by molar-refractivity contribution is 0.0711. The molecule has 1 amide bonds. The molecular formula is C18H15N3O2S. The standard InChI is InChI=1S/C18H15N3O2S/c22-18(21-23)17-9-8-16(24-17)15-7-6-14(12-20-15)11-19-10-13-4-2-1-3-5-13/h2,4-9,12,19,23H,10-11H2,(H,21,22). The quantitative estimate of drug-likeness (QED) is 0.430. The van der Waals surface area contributed by atoms with Crippen LogP contribution in [-0.2, 0) is 6.54 Å². The molecule has 5 nitrogen and oxygen atoms in total. The number of amides is 1. The van der Waals surface area contributed by atoms with Crippen molar-refractivity contribution in [3.63, 3.8) is 0 Å². The van der Waals surface area contributed by atoms with E-state index in [1.54, 1.807) is 11.5 Å². The lowest BCUT2D eigenvalue weighted by Gasteiger charge is -2.06. The Bertz CT molecular complexity index is 868. The number of thiophene rings is 1. The molecule has 1 aliphatic rings. The molecule has 0 saturated heterocycles. The van der Waals surface area contributed by atoms with Crippen molar-refractivity contribution < 1.29 is 10.0 Å². The number of rotatable bonds is 6. The zero-order chi connectivity index (χ0) is 16.8. The van der Waals surface area contributed by atoms with Gasteiger partial charge in [0, 0.05) is 19.3 Å². The van der Waals surface area contributed by atoms with Gasteiger partial charge >= 0.3 is 0 Å². The lowest BCUT2D eigenvalue weighted by atomic mass is 10.2. The Kier molecular flexibility index (Phi) is 5.18. The number of carbonyl (C=O) groups is 1. The number of allylic oxidation sites excluding steroid dienone is 2. The summed E-state index contributed by atoms with van der Waals surface area (Å²) in [6.45, 7) is 1.48. The Balaban J connectivity index is 1.58. The summed E-state index contributed by atoms with van der Waals surface area (Å²) in [6.07, 6.45) is 7.57. The van der Waals surface area contributed by atoms with Crippen LogP contribution in [0.5, 0.6) is 0 Å². The second-order valence-electron chi connectivity index (χ2n) is 5.10. The van der Waals surface area contributed by atoms with Crippen molar-refractivity contribution in [3.05, 3.63) is 76.2 Å². The molecule has 0 radical (unpaired) electrons. The Hall–Kier alpha value is -2.72. The predicted octanol–water partition coefficient (Wildman–Crippen LogP) is 2.83. The number of aromatic nitrogens is 1. The van der Waals surface area contributed by atoms with Gasteiger partial charge in [-0.2, -0.15) is 0 Å². The third-order valence-corrected chi connectivity index (χ3v) is 4.49. The SMILES string of the molecule is O=C(NO)c1ccc(-c2ccc(CNCC3=CC=C=C=C3)cn2)s1. The Labute approximate surface area is 143 Å². The van der Waals surface area contributed by atoms with Gasteiger partial charge < -0.3 is 5.32 Å². The molecule has 1 aliphatic carbocycles. The molecule has 0 atom stereocenters. The fraction of sp³-hybridized carbons (Fsp3) is 0.111. The van der Waals surface area contributed by atoms with Crippen LogP contribution >= 0.6 is 11.3 Å². The van der Waals surface area contributed by atoms with Gasteiger partial charge in [-0.3, -0.25) is 15.0 Å². The van der Waals surface area contributed by atoms with E-state index in [2.05, 4.69) is 21.8 Å². The summed E-state index contributed by atoms with van der Waals surface area (Å²) in [6, 6.07) is 7.41. The van der Waals surface area contributed by atoms with E-state index >= 15 is 0 Å². The van der Waals surface area contributed by atoms with E-state index in [1.807, 2.05) is 42.6 Å². The summed E-state index contributed by atoms with van der Waals surface area (Å²) < 4.78 is 0. The van der Waals surface area contributed by atoms with Crippen molar-refractivity contribution in [2.45, 2.75) is 6.54 Å². The fourth-order valence-electron chi connectivity index (χ4n) is 2.17. The number of hydrogen-bond acceptors (Lipinski definition) is 5. The third kappa shape index (κ3) is 3.97. The van der Waals surface area contributed by atoms with Gasteiger partial charge in [-0.1, -0.05) is 17.5 Å². The number of hydrogen-bond donors (Lipinski definition) is 3. The van der Waals surface area contributed by atoms with Gasteiger partial charge in [-0.25, -0.2) is 5.48 Å². The lowest BCUT2D eigenvalue weighted by Crippen LogP contribution is -2.16. The third-order valence-electron chi connectivity index (χ3n) is 3.39. The summed E-state index contributed by atoms with van der Waals surface area (Å²) in [5.41, 5.74) is 10.5. The van der Waals surface area contributed by atoms with E-state index in [0.717, 1.165) is 28.3 Å². The summed E-state index contributed by atoms with van der Waals surface area (Å²) in [7, 11) is 0. The van der Waals surface area contributed by atoms with Gasteiger partial charge in [-0.15, -0.1) is 11.3 Å². The average Bonchev–Trinajstić information content (AvgIpc) is 3.13. The second kappa shape index (κ2) is 7.70. The second-order valence-corrected chi connectivity index (χ2v) is 6.19. The number of nitrogens with zero attached hydrogens (tertiary/aromatic N) is 1. The molecule has 2 aromatic rings. The van der Waals surface area contributed by atoms with Crippen LogP contribution in [0.4, 0.5) is 0 Å². The molecule has 2 aromatic heterocycles. The highest BCUT2D eigenvalue weighted by atomic mass is 32.1. The molecule has 0 fully saturated rings. The van der Waals surface area contributed by atoms with Crippen molar-refractivity contribution in [2.24, 2.45) is 0 Å². The first-order valence-electron chi connectivity index (χ1n) is 7.33. The van der Waals surface area contributed by atoms with Crippen LogP contribution in [0.25, 0.3) is 10.6 Å². The highest BCUT2D eigenvalue weighted by Gasteiger charge is 2.10. The summed E-state index contributed by atoms with van der Waals surface area (Å²) in [5.74, 6) is -0.511. The van der Waals surface area contributed by atoms with Gasteiger partial charge in [0.05, 0.1) is 15.4 Å². The molecule has 0 aromatic carbocycles. The van der Waals surface area contributed by atoms with Crippen LogP contribution in [0.15, 0.2) is 65.7 Å². The van der Waals surface area contributed by atoms with E-state index in [-0.39, 0.29) is 0 Å². The van der Waals surface area contributed by atoms with E-state index in [0.29, 0.717) is 11.4 Å². The highest BCUT2D eigenvalue weighted by Crippen LogP contribution is 2.26.